The first kappa shape index (κ1) is 14.3. The van der Waals surface area contributed by atoms with E-state index in [1.807, 2.05) is 29.2 Å². The third kappa shape index (κ3) is 3.93. The zero-order chi connectivity index (χ0) is 13.7. The van der Waals surface area contributed by atoms with Crippen molar-refractivity contribution in [3.63, 3.8) is 0 Å². The van der Waals surface area contributed by atoms with Gasteiger partial charge in [-0.05, 0) is 30.5 Å². The van der Waals surface area contributed by atoms with Crippen LogP contribution < -0.4 is 5.73 Å². The Bertz CT molecular complexity index is 439. The molecule has 2 rings (SSSR count). The lowest BCUT2D eigenvalue weighted by Gasteiger charge is -2.16. The van der Waals surface area contributed by atoms with Crippen molar-refractivity contribution < 1.29 is 9.53 Å². The van der Waals surface area contributed by atoms with E-state index in [2.05, 4.69) is 0 Å². The van der Waals surface area contributed by atoms with Crippen LogP contribution in [0.2, 0.25) is 5.02 Å². The Balaban J connectivity index is 1.74. The first-order valence-electron chi connectivity index (χ1n) is 6.49. The van der Waals surface area contributed by atoms with Crippen molar-refractivity contribution in [3.05, 3.63) is 34.9 Å². The molecule has 1 heterocycles. The van der Waals surface area contributed by atoms with Crippen LogP contribution in [0.15, 0.2) is 24.3 Å². The molecule has 0 bridgehead atoms. The van der Waals surface area contributed by atoms with Crippen LogP contribution in [0.4, 0.5) is 0 Å². The van der Waals surface area contributed by atoms with Gasteiger partial charge in [-0.2, -0.15) is 0 Å². The van der Waals surface area contributed by atoms with Gasteiger partial charge >= 0.3 is 0 Å². The second-order valence-electron chi connectivity index (χ2n) is 4.81. The van der Waals surface area contributed by atoms with E-state index >= 15 is 0 Å². The SMILES string of the molecule is NC[C@H]1CCN(C(=O)COCc2ccccc2Cl)C1. The highest BCUT2D eigenvalue weighted by molar-refractivity contribution is 6.31. The molecule has 1 saturated heterocycles. The number of nitrogens with two attached hydrogens (primary N) is 1. The van der Waals surface area contributed by atoms with E-state index in [9.17, 15) is 4.79 Å². The molecule has 4 nitrogen and oxygen atoms in total. The van der Waals surface area contributed by atoms with Crippen LogP contribution in [0.3, 0.4) is 0 Å². The molecule has 2 N–H and O–H groups in total. The third-order valence-electron chi connectivity index (χ3n) is 3.41. The minimum atomic E-state index is 0.0306. The first-order valence-corrected chi connectivity index (χ1v) is 6.87. The molecule has 0 radical (unpaired) electrons. The highest BCUT2D eigenvalue weighted by Gasteiger charge is 2.24. The number of rotatable bonds is 5. The summed E-state index contributed by atoms with van der Waals surface area (Å²) in [6, 6.07) is 7.48. The smallest absolute Gasteiger partial charge is 0.248 e. The lowest BCUT2D eigenvalue weighted by atomic mass is 10.1. The van der Waals surface area contributed by atoms with Crippen molar-refractivity contribution in [3.8, 4) is 0 Å². The summed E-state index contributed by atoms with van der Waals surface area (Å²) in [5.74, 6) is 0.468. The average molecular weight is 283 g/mol. The monoisotopic (exact) mass is 282 g/mol. The van der Waals surface area contributed by atoms with E-state index in [0.717, 1.165) is 25.1 Å². The second-order valence-corrected chi connectivity index (χ2v) is 5.22. The van der Waals surface area contributed by atoms with Crippen molar-refractivity contribution in [1.82, 2.24) is 4.90 Å². The zero-order valence-corrected chi connectivity index (χ0v) is 11.6. The molecule has 1 aromatic carbocycles. The lowest BCUT2D eigenvalue weighted by molar-refractivity contribution is -0.135. The molecule has 0 aliphatic carbocycles. The summed E-state index contributed by atoms with van der Waals surface area (Å²) in [4.78, 5) is 13.7. The van der Waals surface area contributed by atoms with Crippen LogP contribution in [0.1, 0.15) is 12.0 Å². The van der Waals surface area contributed by atoms with Gasteiger partial charge in [-0.15, -0.1) is 0 Å². The second kappa shape index (κ2) is 6.89. The highest BCUT2D eigenvalue weighted by Crippen LogP contribution is 2.17. The van der Waals surface area contributed by atoms with E-state index in [-0.39, 0.29) is 12.5 Å². The molecule has 1 atom stereocenters. The Labute approximate surface area is 118 Å². The molecule has 1 amide bonds. The summed E-state index contributed by atoms with van der Waals surface area (Å²) in [6.45, 7) is 2.65. The number of carbonyl (C=O) groups excluding carboxylic acids is 1. The van der Waals surface area contributed by atoms with Crippen LogP contribution in [0.25, 0.3) is 0 Å². The van der Waals surface area contributed by atoms with Crippen molar-refractivity contribution in [1.29, 1.82) is 0 Å². The van der Waals surface area contributed by atoms with Crippen LogP contribution in [-0.4, -0.2) is 37.0 Å². The molecular formula is C14H19ClN2O2. The number of hydrogen-bond acceptors (Lipinski definition) is 3. The standard InChI is InChI=1S/C14H19ClN2O2/c15-13-4-2-1-3-12(13)9-19-10-14(18)17-6-5-11(7-16)8-17/h1-4,11H,5-10,16H2/t11-/m1/s1. The van der Waals surface area contributed by atoms with Gasteiger partial charge in [0.25, 0.3) is 0 Å². The van der Waals surface area contributed by atoms with Gasteiger partial charge in [0.05, 0.1) is 6.61 Å². The number of ether oxygens (including phenoxy) is 1. The Morgan fingerprint density at radius 1 is 1.47 bits per heavy atom. The summed E-state index contributed by atoms with van der Waals surface area (Å²) < 4.78 is 5.44. The van der Waals surface area contributed by atoms with Gasteiger partial charge in [0, 0.05) is 18.1 Å². The Kier molecular flexibility index (Phi) is 5.19. The summed E-state index contributed by atoms with van der Waals surface area (Å²) in [7, 11) is 0. The normalized spacial score (nSPS) is 18.8. The molecule has 19 heavy (non-hydrogen) atoms. The Morgan fingerprint density at radius 2 is 2.26 bits per heavy atom. The van der Waals surface area contributed by atoms with E-state index in [4.69, 9.17) is 22.1 Å². The number of carbonyl (C=O) groups is 1. The number of halogens is 1. The highest BCUT2D eigenvalue weighted by atomic mass is 35.5. The maximum Gasteiger partial charge on any atom is 0.248 e. The molecule has 5 heteroatoms. The van der Waals surface area contributed by atoms with Crippen LogP contribution >= 0.6 is 11.6 Å². The molecule has 0 saturated carbocycles. The minimum absolute atomic E-state index is 0.0306. The third-order valence-corrected chi connectivity index (χ3v) is 3.78. The molecule has 1 aliphatic rings. The summed E-state index contributed by atoms with van der Waals surface area (Å²) in [6.07, 6.45) is 0.993. The van der Waals surface area contributed by atoms with Gasteiger partial charge in [0.1, 0.15) is 6.61 Å². The molecular weight excluding hydrogens is 264 g/mol. The van der Waals surface area contributed by atoms with E-state index in [1.54, 1.807) is 0 Å². The fourth-order valence-corrected chi connectivity index (χ4v) is 2.40. The molecule has 0 spiro atoms. The Morgan fingerprint density at radius 3 is 2.95 bits per heavy atom. The van der Waals surface area contributed by atoms with Crippen LogP contribution in [0, 0.1) is 5.92 Å². The predicted octanol–water partition coefficient (Wildman–Crippen LogP) is 1.66. The van der Waals surface area contributed by atoms with Gasteiger partial charge in [0.2, 0.25) is 5.91 Å². The summed E-state index contributed by atoms with van der Waals surface area (Å²) in [5, 5.41) is 0.666. The number of nitrogens with zero attached hydrogens (tertiary/aromatic N) is 1. The predicted molar refractivity (Wildman–Crippen MR) is 74.8 cm³/mol. The van der Waals surface area contributed by atoms with Crippen molar-refractivity contribution >= 4 is 17.5 Å². The summed E-state index contributed by atoms with van der Waals surface area (Å²) in [5.41, 5.74) is 6.51. The van der Waals surface area contributed by atoms with Crippen molar-refractivity contribution in [2.24, 2.45) is 11.7 Å². The van der Waals surface area contributed by atoms with Crippen LogP contribution in [-0.2, 0) is 16.1 Å². The quantitative estimate of drug-likeness (QED) is 0.894. The Hall–Kier alpha value is -1.10. The maximum atomic E-state index is 11.9. The van der Waals surface area contributed by atoms with Crippen molar-refractivity contribution in [2.75, 3.05) is 26.2 Å². The van der Waals surface area contributed by atoms with E-state index < -0.39 is 0 Å². The topological polar surface area (TPSA) is 55.6 Å². The molecule has 1 aliphatic heterocycles. The number of amides is 1. The van der Waals surface area contributed by atoms with Gasteiger partial charge in [0.15, 0.2) is 0 Å². The van der Waals surface area contributed by atoms with E-state index in [0.29, 0.717) is 24.1 Å². The fourth-order valence-electron chi connectivity index (χ4n) is 2.21. The van der Waals surface area contributed by atoms with E-state index in [1.165, 1.54) is 0 Å². The molecule has 0 unspecified atom stereocenters. The maximum absolute atomic E-state index is 11.9. The number of likely N-dealkylation sites (tertiary alicyclic amines) is 1. The van der Waals surface area contributed by atoms with Gasteiger partial charge in [-0.1, -0.05) is 29.8 Å². The fraction of sp³-hybridized carbons (Fsp3) is 0.500. The lowest BCUT2D eigenvalue weighted by Crippen LogP contribution is -2.32. The summed E-state index contributed by atoms with van der Waals surface area (Å²) >= 11 is 6.02. The molecule has 1 fully saturated rings. The first-order chi connectivity index (χ1) is 9.20. The minimum Gasteiger partial charge on any atom is -0.367 e. The van der Waals surface area contributed by atoms with Gasteiger partial charge < -0.3 is 15.4 Å². The molecule has 0 aromatic heterocycles. The van der Waals surface area contributed by atoms with Gasteiger partial charge in [-0.25, -0.2) is 0 Å². The van der Waals surface area contributed by atoms with Crippen LogP contribution in [0.5, 0.6) is 0 Å². The number of hydrogen-bond donors (Lipinski definition) is 1. The van der Waals surface area contributed by atoms with Crippen molar-refractivity contribution in [2.45, 2.75) is 13.0 Å². The largest absolute Gasteiger partial charge is 0.367 e. The number of benzene rings is 1. The molecule has 104 valence electrons. The zero-order valence-electron chi connectivity index (χ0n) is 10.8. The van der Waals surface area contributed by atoms with Gasteiger partial charge in [-0.3, -0.25) is 4.79 Å². The average Bonchev–Trinajstić information content (AvgIpc) is 2.90. The molecule has 1 aromatic rings.